The van der Waals surface area contributed by atoms with Crippen LogP contribution in [0, 0.1) is 17.0 Å². The molecule has 0 saturated carbocycles. The van der Waals surface area contributed by atoms with E-state index in [1.807, 2.05) is 25.1 Å². The lowest BCUT2D eigenvalue weighted by Gasteiger charge is -1.99. The van der Waals surface area contributed by atoms with Crippen LogP contribution in [0.15, 0.2) is 80.2 Å². The van der Waals surface area contributed by atoms with Gasteiger partial charge in [0.25, 0.3) is 5.69 Å². The summed E-state index contributed by atoms with van der Waals surface area (Å²) >= 11 is 1.52. The van der Waals surface area contributed by atoms with Crippen LogP contribution in [-0.2, 0) is 11.4 Å². The highest BCUT2D eigenvalue weighted by atomic mass is 32.2. The molecule has 1 aromatic heterocycles. The first-order valence-corrected chi connectivity index (χ1v) is 8.65. The fourth-order valence-corrected chi connectivity index (χ4v) is 2.92. The largest absolute Gasteiger partial charge is 0.448 e. The SMILES string of the molecule is Cc1ccc(Sc2ccc(/C=N\OCc3cccc([N+](=O)[O-])c3)o2)cc1. The van der Waals surface area contributed by atoms with Gasteiger partial charge < -0.3 is 9.25 Å². The number of furan rings is 1. The van der Waals surface area contributed by atoms with Crippen molar-refractivity contribution in [3.63, 3.8) is 0 Å². The number of nitro groups is 1. The molecule has 0 spiro atoms. The number of rotatable bonds is 7. The smallest absolute Gasteiger partial charge is 0.269 e. The normalized spacial score (nSPS) is 11.0. The Bertz CT molecular complexity index is 919. The summed E-state index contributed by atoms with van der Waals surface area (Å²) in [7, 11) is 0. The van der Waals surface area contributed by atoms with Crippen LogP contribution < -0.4 is 0 Å². The second-order valence-corrected chi connectivity index (χ2v) is 6.58. The molecule has 0 aliphatic heterocycles. The summed E-state index contributed by atoms with van der Waals surface area (Å²) in [5, 5.41) is 15.3. The summed E-state index contributed by atoms with van der Waals surface area (Å²) in [4.78, 5) is 16.6. The van der Waals surface area contributed by atoms with Crippen molar-refractivity contribution in [3.05, 3.63) is 87.7 Å². The second kappa shape index (κ2) is 8.35. The molecule has 0 atom stereocenters. The van der Waals surface area contributed by atoms with Gasteiger partial charge >= 0.3 is 0 Å². The van der Waals surface area contributed by atoms with Gasteiger partial charge in [-0.15, -0.1) is 0 Å². The van der Waals surface area contributed by atoms with Gasteiger partial charge in [0.2, 0.25) is 0 Å². The predicted octanol–water partition coefficient (Wildman–Crippen LogP) is 5.20. The maximum Gasteiger partial charge on any atom is 0.269 e. The van der Waals surface area contributed by atoms with E-state index in [1.165, 1.54) is 35.7 Å². The van der Waals surface area contributed by atoms with E-state index in [0.717, 1.165) is 9.99 Å². The van der Waals surface area contributed by atoms with Crippen molar-refractivity contribution in [3.8, 4) is 0 Å². The van der Waals surface area contributed by atoms with Crippen LogP contribution in [-0.4, -0.2) is 11.1 Å². The molecule has 0 fully saturated rings. The van der Waals surface area contributed by atoms with Crippen LogP contribution in [0.3, 0.4) is 0 Å². The summed E-state index contributed by atoms with van der Waals surface area (Å²) in [6.45, 7) is 2.19. The quantitative estimate of drug-likeness (QED) is 0.325. The van der Waals surface area contributed by atoms with E-state index >= 15 is 0 Å². The molecule has 0 saturated heterocycles. The minimum Gasteiger partial charge on any atom is -0.448 e. The third-order valence-electron chi connectivity index (χ3n) is 3.45. The molecule has 7 heteroatoms. The molecule has 0 unspecified atom stereocenters. The van der Waals surface area contributed by atoms with E-state index in [-0.39, 0.29) is 12.3 Å². The van der Waals surface area contributed by atoms with Gasteiger partial charge in [0, 0.05) is 17.0 Å². The average Bonchev–Trinajstić information content (AvgIpc) is 3.08. The molecule has 0 aliphatic rings. The van der Waals surface area contributed by atoms with Crippen molar-refractivity contribution in [2.45, 2.75) is 23.5 Å². The first-order valence-electron chi connectivity index (χ1n) is 7.83. The Labute approximate surface area is 154 Å². The summed E-state index contributed by atoms with van der Waals surface area (Å²) in [6.07, 6.45) is 1.47. The maximum atomic E-state index is 10.7. The Balaban J connectivity index is 1.53. The molecule has 3 rings (SSSR count). The molecule has 26 heavy (non-hydrogen) atoms. The minimum absolute atomic E-state index is 0.0267. The Morgan fingerprint density at radius 1 is 1.19 bits per heavy atom. The molecule has 0 bridgehead atoms. The summed E-state index contributed by atoms with van der Waals surface area (Å²) in [5.41, 5.74) is 1.91. The van der Waals surface area contributed by atoms with Gasteiger partial charge in [0.05, 0.1) is 4.92 Å². The van der Waals surface area contributed by atoms with Gasteiger partial charge in [-0.1, -0.05) is 46.7 Å². The number of hydrogen-bond acceptors (Lipinski definition) is 6. The van der Waals surface area contributed by atoms with E-state index in [1.54, 1.807) is 18.2 Å². The van der Waals surface area contributed by atoms with Gasteiger partial charge in [-0.3, -0.25) is 10.1 Å². The van der Waals surface area contributed by atoms with Gasteiger partial charge in [0.1, 0.15) is 18.6 Å². The molecular weight excluding hydrogens is 352 g/mol. The van der Waals surface area contributed by atoms with Crippen LogP contribution >= 0.6 is 11.8 Å². The minimum atomic E-state index is -0.442. The van der Waals surface area contributed by atoms with Gasteiger partial charge in [-0.25, -0.2) is 0 Å². The monoisotopic (exact) mass is 368 g/mol. The molecule has 0 N–H and O–H groups in total. The molecule has 6 nitrogen and oxygen atoms in total. The van der Waals surface area contributed by atoms with Crippen LogP contribution in [0.5, 0.6) is 0 Å². The van der Waals surface area contributed by atoms with Gasteiger partial charge in [-0.2, -0.15) is 0 Å². The van der Waals surface area contributed by atoms with Crippen LogP contribution in [0.4, 0.5) is 5.69 Å². The van der Waals surface area contributed by atoms with Crippen molar-refractivity contribution in [1.82, 2.24) is 0 Å². The lowest BCUT2D eigenvalue weighted by Crippen LogP contribution is -1.92. The summed E-state index contributed by atoms with van der Waals surface area (Å²) in [6, 6.07) is 18.1. The van der Waals surface area contributed by atoms with Crippen LogP contribution in [0.1, 0.15) is 16.9 Å². The molecule has 2 aromatic carbocycles. The highest BCUT2D eigenvalue weighted by Gasteiger charge is 2.06. The van der Waals surface area contributed by atoms with Crippen LogP contribution in [0.2, 0.25) is 0 Å². The topological polar surface area (TPSA) is 77.9 Å². The Morgan fingerprint density at radius 3 is 2.77 bits per heavy atom. The number of non-ortho nitro benzene ring substituents is 1. The molecule has 132 valence electrons. The second-order valence-electron chi connectivity index (χ2n) is 5.51. The van der Waals surface area contributed by atoms with Crippen LogP contribution in [0.25, 0.3) is 0 Å². The third-order valence-corrected chi connectivity index (χ3v) is 4.38. The number of nitro benzene ring substituents is 1. The zero-order chi connectivity index (χ0) is 18.4. The lowest BCUT2D eigenvalue weighted by atomic mass is 10.2. The highest BCUT2D eigenvalue weighted by Crippen LogP contribution is 2.29. The molecule has 0 amide bonds. The number of benzene rings is 2. The third kappa shape index (κ3) is 4.97. The zero-order valence-electron chi connectivity index (χ0n) is 14.0. The number of nitrogens with zero attached hydrogens (tertiary/aromatic N) is 2. The van der Waals surface area contributed by atoms with E-state index in [9.17, 15) is 10.1 Å². The predicted molar refractivity (Wildman–Crippen MR) is 99.5 cm³/mol. The zero-order valence-corrected chi connectivity index (χ0v) is 14.8. The summed E-state index contributed by atoms with van der Waals surface area (Å²) < 4.78 is 5.67. The van der Waals surface area contributed by atoms with Crippen molar-refractivity contribution in [2.75, 3.05) is 0 Å². The Hall–Kier alpha value is -3.06. The standard InChI is InChI=1S/C19H16N2O4S/c1-14-5-8-18(9-6-14)26-19-10-7-17(25-19)12-20-24-13-15-3-2-4-16(11-15)21(22)23/h2-12H,13H2,1H3/b20-12-. The Morgan fingerprint density at radius 2 is 2.00 bits per heavy atom. The van der Waals surface area contributed by atoms with E-state index in [4.69, 9.17) is 9.25 Å². The first-order chi connectivity index (χ1) is 12.6. The average molecular weight is 368 g/mol. The molecular formula is C19H16N2O4S. The van der Waals surface area contributed by atoms with Crippen molar-refractivity contribution in [2.24, 2.45) is 5.16 Å². The molecule has 1 heterocycles. The maximum absolute atomic E-state index is 10.7. The fraction of sp³-hybridized carbons (Fsp3) is 0.105. The van der Waals surface area contributed by atoms with Gasteiger partial charge in [-0.05, 0) is 36.8 Å². The van der Waals surface area contributed by atoms with Crippen molar-refractivity contribution >= 4 is 23.7 Å². The summed E-state index contributed by atoms with van der Waals surface area (Å²) in [5.74, 6) is 0.568. The first kappa shape index (κ1) is 17.8. The number of aryl methyl sites for hydroxylation is 1. The number of hydrogen-bond donors (Lipinski definition) is 0. The van der Waals surface area contributed by atoms with Crippen molar-refractivity contribution in [1.29, 1.82) is 0 Å². The molecule has 0 radical (unpaired) electrons. The van der Waals surface area contributed by atoms with E-state index < -0.39 is 4.92 Å². The fourth-order valence-electron chi connectivity index (χ4n) is 2.14. The van der Waals surface area contributed by atoms with Gasteiger partial charge in [0.15, 0.2) is 5.09 Å². The van der Waals surface area contributed by atoms with E-state index in [0.29, 0.717) is 11.3 Å². The molecule has 3 aromatic rings. The molecule has 0 aliphatic carbocycles. The lowest BCUT2D eigenvalue weighted by molar-refractivity contribution is -0.384. The van der Waals surface area contributed by atoms with E-state index in [2.05, 4.69) is 17.3 Å². The number of oxime groups is 1. The van der Waals surface area contributed by atoms with Crippen molar-refractivity contribution < 1.29 is 14.2 Å². The Kier molecular flexibility index (Phi) is 5.70. The highest BCUT2D eigenvalue weighted by molar-refractivity contribution is 7.99.